The van der Waals surface area contributed by atoms with Crippen LogP contribution in [0.3, 0.4) is 0 Å². The lowest BCUT2D eigenvalue weighted by Crippen LogP contribution is -2.15. The first-order valence-electron chi connectivity index (χ1n) is 8.80. The molecule has 0 aliphatic rings. The molecule has 0 aliphatic heterocycles. The number of rotatable bonds is 8. The van der Waals surface area contributed by atoms with E-state index in [1.807, 2.05) is 0 Å². The second kappa shape index (κ2) is 9.74. The van der Waals surface area contributed by atoms with Crippen molar-refractivity contribution in [3.63, 3.8) is 0 Å². The van der Waals surface area contributed by atoms with Crippen LogP contribution in [0.15, 0.2) is 47.6 Å². The number of aromatic nitrogens is 4. The van der Waals surface area contributed by atoms with Gasteiger partial charge in [-0.1, -0.05) is 17.8 Å². The summed E-state index contributed by atoms with van der Waals surface area (Å²) in [5.41, 5.74) is 1.81. The summed E-state index contributed by atoms with van der Waals surface area (Å²) < 4.78 is 12.0. The van der Waals surface area contributed by atoms with Crippen molar-refractivity contribution in [2.24, 2.45) is 0 Å². The molecule has 0 atom stereocenters. The molecule has 2 amide bonds. The smallest absolute Gasteiger partial charge is 0.234 e. The number of tetrazole rings is 1. The van der Waals surface area contributed by atoms with E-state index in [1.165, 1.54) is 23.4 Å². The van der Waals surface area contributed by atoms with E-state index in [2.05, 4.69) is 26.2 Å². The quantitative estimate of drug-likeness (QED) is 0.525. The molecule has 0 bridgehead atoms. The third-order valence-corrected chi connectivity index (χ3v) is 4.74. The second-order valence-corrected chi connectivity index (χ2v) is 6.99. The van der Waals surface area contributed by atoms with Crippen LogP contribution >= 0.6 is 11.8 Å². The summed E-state index contributed by atoms with van der Waals surface area (Å²) in [4.78, 5) is 23.5. The lowest BCUT2D eigenvalue weighted by molar-refractivity contribution is -0.114. The van der Waals surface area contributed by atoms with Crippen LogP contribution in [0.25, 0.3) is 5.69 Å². The van der Waals surface area contributed by atoms with E-state index in [-0.39, 0.29) is 17.6 Å². The number of nitrogens with zero attached hydrogens (tertiary/aromatic N) is 4. The van der Waals surface area contributed by atoms with Gasteiger partial charge >= 0.3 is 0 Å². The highest BCUT2D eigenvalue weighted by molar-refractivity contribution is 7.99. The van der Waals surface area contributed by atoms with Crippen LogP contribution in [0.5, 0.6) is 11.5 Å². The van der Waals surface area contributed by atoms with Gasteiger partial charge in [0.15, 0.2) is 0 Å². The van der Waals surface area contributed by atoms with Gasteiger partial charge in [-0.3, -0.25) is 9.59 Å². The van der Waals surface area contributed by atoms with Crippen LogP contribution in [0.4, 0.5) is 11.4 Å². The number of nitrogens with one attached hydrogen (secondary N) is 2. The van der Waals surface area contributed by atoms with Crippen molar-refractivity contribution in [2.45, 2.75) is 12.1 Å². The Morgan fingerprint density at radius 3 is 2.33 bits per heavy atom. The minimum absolute atomic E-state index is 0.0891. The van der Waals surface area contributed by atoms with Crippen molar-refractivity contribution in [3.8, 4) is 17.2 Å². The van der Waals surface area contributed by atoms with E-state index in [1.54, 1.807) is 56.7 Å². The molecule has 0 unspecified atom stereocenters. The van der Waals surface area contributed by atoms with E-state index in [9.17, 15) is 9.59 Å². The average molecular weight is 428 g/mol. The van der Waals surface area contributed by atoms with E-state index in [0.717, 1.165) is 0 Å². The van der Waals surface area contributed by atoms with E-state index in [0.29, 0.717) is 33.7 Å². The van der Waals surface area contributed by atoms with Crippen LogP contribution in [0.2, 0.25) is 0 Å². The van der Waals surface area contributed by atoms with Crippen molar-refractivity contribution >= 4 is 35.0 Å². The minimum Gasteiger partial charge on any atom is -0.497 e. The van der Waals surface area contributed by atoms with Gasteiger partial charge in [0.25, 0.3) is 0 Å². The highest BCUT2D eigenvalue weighted by Crippen LogP contribution is 2.27. The Hall–Kier alpha value is -3.60. The Kier molecular flexibility index (Phi) is 6.86. The van der Waals surface area contributed by atoms with Gasteiger partial charge in [-0.2, -0.15) is 4.68 Å². The first-order chi connectivity index (χ1) is 14.5. The molecular formula is C19H20N6O4S. The van der Waals surface area contributed by atoms with Crippen LogP contribution < -0.4 is 20.1 Å². The Labute approximate surface area is 176 Å². The lowest BCUT2D eigenvalue weighted by atomic mass is 10.2. The molecule has 156 valence electrons. The van der Waals surface area contributed by atoms with E-state index >= 15 is 0 Å². The maximum absolute atomic E-state index is 12.4. The molecule has 0 fully saturated rings. The van der Waals surface area contributed by atoms with Gasteiger partial charge in [-0.25, -0.2) is 0 Å². The number of methoxy groups -OCH3 is 2. The van der Waals surface area contributed by atoms with Crippen molar-refractivity contribution < 1.29 is 19.1 Å². The molecule has 1 aromatic heterocycles. The number of amides is 2. The molecule has 0 saturated carbocycles. The van der Waals surface area contributed by atoms with Gasteiger partial charge in [0.05, 0.1) is 25.7 Å². The molecule has 11 heteroatoms. The molecule has 10 nitrogen and oxygen atoms in total. The third-order valence-electron chi connectivity index (χ3n) is 3.82. The van der Waals surface area contributed by atoms with Crippen molar-refractivity contribution in [1.82, 2.24) is 20.2 Å². The molecule has 1 heterocycles. The Morgan fingerprint density at radius 1 is 1.03 bits per heavy atom. The molecule has 2 aromatic carbocycles. The predicted molar refractivity (Wildman–Crippen MR) is 112 cm³/mol. The number of ether oxygens (including phenoxy) is 2. The number of carbonyl (C=O) groups excluding carboxylic acids is 2. The zero-order chi connectivity index (χ0) is 21.5. The summed E-state index contributed by atoms with van der Waals surface area (Å²) >= 11 is 1.18. The molecule has 0 spiro atoms. The molecule has 0 saturated heterocycles. The summed E-state index contributed by atoms with van der Waals surface area (Å²) in [5, 5.41) is 17.6. The van der Waals surface area contributed by atoms with Crippen molar-refractivity contribution in [2.75, 3.05) is 30.6 Å². The zero-order valence-corrected chi connectivity index (χ0v) is 17.4. The Balaban J connectivity index is 1.67. The van der Waals surface area contributed by atoms with Crippen LogP contribution in [-0.2, 0) is 9.59 Å². The maximum atomic E-state index is 12.4. The molecule has 0 radical (unpaired) electrons. The zero-order valence-electron chi connectivity index (χ0n) is 16.6. The first-order valence-corrected chi connectivity index (χ1v) is 9.79. The van der Waals surface area contributed by atoms with Crippen molar-refractivity contribution in [1.29, 1.82) is 0 Å². The fraction of sp³-hybridized carbons (Fsp3) is 0.211. The van der Waals surface area contributed by atoms with E-state index in [4.69, 9.17) is 9.47 Å². The summed E-state index contributed by atoms with van der Waals surface area (Å²) in [6.07, 6.45) is 0. The first kappa shape index (κ1) is 21.1. The molecule has 3 rings (SSSR count). The topological polar surface area (TPSA) is 120 Å². The van der Waals surface area contributed by atoms with Gasteiger partial charge in [-0.15, -0.1) is 5.10 Å². The second-order valence-electron chi connectivity index (χ2n) is 6.04. The van der Waals surface area contributed by atoms with Crippen LogP contribution in [0.1, 0.15) is 6.92 Å². The SMILES string of the molecule is COc1cc(OC)cc(-n2nnnc2SCC(=O)Nc2cccc(NC(C)=O)c2)c1. The van der Waals surface area contributed by atoms with E-state index < -0.39 is 0 Å². The summed E-state index contributed by atoms with van der Waals surface area (Å²) in [7, 11) is 3.11. The van der Waals surface area contributed by atoms with Gasteiger partial charge < -0.3 is 20.1 Å². The summed E-state index contributed by atoms with van der Waals surface area (Å²) in [6.45, 7) is 1.42. The fourth-order valence-electron chi connectivity index (χ4n) is 2.55. The third kappa shape index (κ3) is 5.47. The van der Waals surface area contributed by atoms with Gasteiger partial charge in [-0.05, 0) is 28.6 Å². The molecule has 0 aliphatic carbocycles. The number of benzene rings is 2. The van der Waals surface area contributed by atoms with Crippen LogP contribution in [-0.4, -0.2) is 52.0 Å². The minimum atomic E-state index is -0.238. The average Bonchev–Trinajstić information content (AvgIpc) is 3.20. The summed E-state index contributed by atoms with van der Waals surface area (Å²) in [6, 6.07) is 12.2. The van der Waals surface area contributed by atoms with Gasteiger partial charge in [0.2, 0.25) is 17.0 Å². The number of anilines is 2. The Bertz CT molecular complexity index is 1030. The maximum Gasteiger partial charge on any atom is 0.234 e. The highest BCUT2D eigenvalue weighted by Gasteiger charge is 2.14. The van der Waals surface area contributed by atoms with Gasteiger partial charge in [0.1, 0.15) is 11.5 Å². The largest absolute Gasteiger partial charge is 0.497 e. The number of hydrogen-bond acceptors (Lipinski definition) is 8. The van der Waals surface area contributed by atoms with Crippen molar-refractivity contribution in [3.05, 3.63) is 42.5 Å². The Morgan fingerprint density at radius 2 is 1.70 bits per heavy atom. The van der Waals surface area contributed by atoms with Gasteiger partial charge in [0, 0.05) is 36.5 Å². The molecule has 30 heavy (non-hydrogen) atoms. The standard InChI is InChI=1S/C19H20N6O4S/c1-12(26)20-13-5-4-6-14(7-13)21-18(27)11-30-19-22-23-24-25(19)15-8-16(28-2)10-17(9-15)29-3/h4-10H,11H2,1-3H3,(H,20,26)(H,21,27). The molecule has 3 aromatic rings. The predicted octanol–water partition coefficient (Wildman–Crippen LogP) is 2.37. The number of carbonyl (C=O) groups is 2. The number of thioether (sulfide) groups is 1. The van der Waals surface area contributed by atoms with Crippen LogP contribution in [0, 0.1) is 0 Å². The fourth-order valence-corrected chi connectivity index (χ4v) is 3.24. The monoisotopic (exact) mass is 428 g/mol. The summed E-state index contributed by atoms with van der Waals surface area (Å²) in [5.74, 6) is 0.847. The lowest BCUT2D eigenvalue weighted by Gasteiger charge is -2.10. The molecular weight excluding hydrogens is 408 g/mol. The molecule has 2 N–H and O–H groups in total. The number of hydrogen-bond donors (Lipinski definition) is 2. The normalized spacial score (nSPS) is 10.4. The highest BCUT2D eigenvalue weighted by atomic mass is 32.2.